The molecule has 4 heteroatoms. The molecule has 2 N–H and O–H groups in total. The van der Waals surface area contributed by atoms with Crippen molar-refractivity contribution in [1.29, 1.82) is 0 Å². The lowest BCUT2D eigenvalue weighted by atomic mass is 10.0. The van der Waals surface area contributed by atoms with Gasteiger partial charge in [-0.1, -0.05) is 17.9 Å². The molecule has 0 fully saturated rings. The van der Waals surface area contributed by atoms with E-state index in [1.807, 2.05) is 26.0 Å². The van der Waals surface area contributed by atoms with Crippen LogP contribution < -0.4 is 5.32 Å². The summed E-state index contributed by atoms with van der Waals surface area (Å²) in [5.41, 5.74) is 2.19. The number of methoxy groups -OCH3 is 1. The van der Waals surface area contributed by atoms with Crippen molar-refractivity contribution in [3.8, 4) is 11.8 Å². The fourth-order valence-corrected chi connectivity index (χ4v) is 1.68. The van der Waals surface area contributed by atoms with Gasteiger partial charge in [0.1, 0.15) is 6.61 Å². The predicted molar refractivity (Wildman–Crippen MR) is 73.9 cm³/mol. The minimum Gasteiger partial charge on any atom is -0.384 e. The number of carbonyl (C=O) groups excluding carboxylic acids is 1. The van der Waals surface area contributed by atoms with Gasteiger partial charge in [-0.2, -0.15) is 0 Å². The molecule has 1 aromatic carbocycles. The topological polar surface area (TPSA) is 58.6 Å². The first-order chi connectivity index (χ1) is 9.08. The van der Waals surface area contributed by atoms with Crippen molar-refractivity contribution in [1.82, 2.24) is 5.32 Å². The minimum absolute atomic E-state index is 0.0518. The number of carbonyl (C=O) groups is 1. The Balaban J connectivity index is 2.89. The van der Waals surface area contributed by atoms with Crippen LogP contribution in [0.2, 0.25) is 0 Å². The molecule has 0 spiro atoms. The number of aryl methyl sites for hydroxylation is 1. The molecule has 0 heterocycles. The highest BCUT2D eigenvalue weighted by Crippen LogP contribution is 2.11. The zero-order valence-corrected chi connectivity index (χ0v) is 11.5. The average molecular weight is 261 g/mol. The van der Waals surface area contributed by atoms with Gasteiger partial charge in [-0.25, -0.2) is 0 Å². The zero-order valence-electron chi connectivity index (χ0n) is 11.5. The molecule has 0 saturated carbocycles. The van der Waals surface area contributed by atoms with Gasteiger partial charge in [-0.3, -0.25) is 4.79 Å². The number of rotatable bonds is 4. The van der Waals surface area contributed by atoms with Crippen LogP contribution in [0.15, 0.2) is 18.2 Å². The summed E-state index contributed by atoms with van der Waals surface area (Å²) in [6.45, 7) is 4.03. The summed E-state index contributed by atoms with van der Waals surface area (Å²) >= 11 is 0. The number of hydrogen-bond acceptors (Lipinski definition) is 3. The van der Waals surface area contributed by atoms with Crippen molar-refractivity contribution in [2.75, 3.05) is 20.3 Å². The van der Waals surface area contributed by atoms with Gasteiger partial charge in [-0.05, 0) is 31.5 Å². The summed E-state index contributed by atoms with van der Waals surface area (Å²) in [4.78, 5) is 12.1. The van der Waals surface area contributed by atoms with Crippen molar-refractivity contribution in [2.24, 2.45) is 0 Å². The lowest BCUT2D eigenvalue weighted by Crippen LogP contribution is -2.35. The van der Waals surface area contributed by atoms with E-state index < -0.39 is 0 Å². The first-order valence-corrected chi connectivity index (χ1v) is 6.08. The Morgan fingerprint density at radius 2 is 2.26 bits per heavy atom. The molecule has 4 nitrogen and oxygen atoms in total. The van der Waals surface area contributed by atoms with Gasteiger partial charge < -0.3 is 15.2 Å². The first kappa shape index (κ1) is 15.2. The third-order valence-corrected chi connectivity index (χ3v) is 2.59. The minimum atomic E-state index is -0.194. The molecule has 1 rings (SSSR count). The van der Waals surface area contributed by atoms with Gasteiger partial charge in [-0.15, -0.1) is 0 Å². The lowest BCUT2D eigenvalue weighted by Gasteiger charge is -2.14. The molecule has 1 unspecified atom stereocenters. The first-order valence-electron chi connectivity index (χ1n) is 6.08. The monoisotopic (exact) mass is 261 g/mol. The van der Waals surface area contributed by atoms with Gasteiger partial charge >= 0.3 is 0 Å². The fraction of sp³-hybridized carbons (Fsp3) is 0.400. The second-order valence-corrected chi connectivity index (χ2v) is 4.32. The van der Waals surface area contributed by atoms with Crippen molar-refractivity contribution in [3.05, 3.63) is 34.9 Å². The Kier molecular flexibility index (Phi) is 6.07. The summed E-state index contributed by atoms with van der Waals surface area (Å²) in [6.07, 6.45) is 0. The lowest BCUT2D eigenvalue weighted by molar-refractivity contribution is 0.0905. The molecule has 0 aliphatic heterocycles. The maximum Gasteiger partial charge on any atom is 0.251 e. The molecular formula is C15H19NO3. The maximum absolute atomic E-state index is 12.1. The molecule has 0 aromatic heterocycles. The van der Waals surface area contributed by atoms with E-state index in [0.29, 0.717) is 17.7 Å². The van der Waals surface area contributed by atoms with Crippen LogP contribution >= 0.6 is 0 Å². The summed E-state index contributed by atoms with van der Waals surface area (Å²) in [6, 6.07) is 5.35. The van der Waals surface area contributed by atoms with E-state index in [-0.39, 0.29) is 18.6 Å². The van der Waals surface area contributed by atoms with Gasteiger partial charge in [0, 0.05) is 24.3 Å². The number of benzene rings is 1. The molecule has 0 aliphatic rings. The molecule has 1 aromatic rings. The molecule has 1 atom stereocenters. The molecule has 0 bridgehead atoms. The molecular weight excluding hydrogens is 242 g/mol. The molecule has 0 radical (unpaired) electrons. The smallest absolute Gasteiger partial charge is 0.251 e. The van der Waals surface area contributed by atoms with Crippen molar-refractivity contribution < 1.29 is 14.6 Å². The number of amides is 1. The number of aliphatic hydroxyl groups excluding tert-OH is 1. The van der Waals surface area contributed by atoms with Crippen LogP contribution in [0.3, 0.4) is 0 Å². The predicted octanol–water partition coefficient (Wildman–Crippen LogP) is 1.10. The van der Waals surface area contributed by atoms with E-state index in [2.05, 4.69) is 17.2 Å². The quantitative estimate of drug-likeness (QED) is 0.798. The molecule has 0 aliphatic carbocycles. The summed E-state index contributed by atoms with van der Waals surface area (Å²) < 4.78 is 4.98. The van der Waals surface area contributed by atoms with E-state index in [4.69, 9.17) is 9.84 Å². The third kappa shape index (κ3) is 4.74. The maximum atomic E-state index is 12.1. The molecule has 102 valence electrons. The van der Waals surface area contributed by atoms with Crippen LogP contribution in [0.4, 0.5) is 0 Å². The highest BCUT2D eigenvalue weighted by atomic mass is 16.5. The standard InChI is InChI=1S/C15H19NO3/c1-11-6-7-13(5-4-8-17)9-14(11)15(18)16-12(2)10-19-3/h6-7,9,12,17H,8,10H2,1-3H3,(H,16,18). The van der Waals surface area contributed by atoms with E-state index in [0.717, 1.165) is 5.56 Å². The Labute approximate surface area is 113 Å². The van der Waals surface area contributed by atoms with E-state index in [9.17, 15) is 4.79 Å². The highest BCUT2D eigenvalue weighted by molar-refractivity contribution is 5.96. The summed E-state index contributed by atoms with van der Waals surface area (Å²) in [5.74, 6) is 5.21. The van der Waals surface area contributed by atoms with Crippen LogP contribution in [0.25, 0.3) is 0 Å². The van der Waals surface area contributed by atoms with E-state index >= 15 is 0 Å². The Morgan fingerprint density at radius 3 is 2.89 bits per heavy atom. The molecule has 19 heavy (non-hydrogen) atoms. The van der Waals surface area contributed by atoms with Gasteiger partial charge in [0.2, 0.25) is 0 Å². The third-order valence-electron chi connectivity index (χ3n) is 2.59. The molecule has 0 saturated heterocycles. The Hall–Kier alpha value is -1.83. The normalized spacial score (nSPS) is 11.4. The van der Waals surface area contributed by atoms with Gasteiger partial charge in [0.15, 0.2) is 0 Å². The number of nitrogens with one attached hydrogen (secondary N) is 1. The number of aliphatic hydroxyl groups is 1. The van der Waals surface area contributed by atoms with Crippen LogP contribution in [0.5, 0.6) is 0 Å². The fourth-order valence-electron chi connectivity index (χ4n) is 1.68. The highest BCUT2D eigenvalue weighted by Gasteiger charge is 2.12. The van der Waals surface area contributed by atoms with Crippen molar-refractivity contribution in [3.63, 3.8) is 0 Å². The average Bonchev–Trinajstić information content (AvgIpc) is 2.37. The zero-order chi connectivity index (χ0) is 14.3. The summed E-state index contributed by atoms with van der Waals surface area (Å²) in [7, 11) is 1.60. The Bertz CT molecular complexity index is 500. The van der Waals surface area contributed by atoms with Gasteiger partial charge in [0.25, 0.3) is 5.91 Å². The largest absolute Gasteiger partial charge is 0.384 e. The Morgan fingerprint density at radius 1 is 1.53 bits per heavy atom. The van der Waals surface area contributed by atoms with Crippen LogP contribution in [0.1, 0.15) is 28.4 Å². The second-order valence-electron chi connectivity index (χ2n) is 4.32. The van der Waals surface area contributed by atoms with Crippen LogP contribution in [0, 0.1) is 18.8 Å². The van der Waals surface area contributed by atoms with Gasteiger partial charge in [0.05, 0.1) is 6.61 Å². The molecule has 1 amide bonds. The second kappa shape index (κ2) is 7.57. The van der Waals surface area contributed by atoms with Crippen LogP contribution in [-0.4, -0.2) is 37.4 Å². The van der Waals surface area contributed by atoms with Crippen molar-refractivity contribution >= 4 is 5.91 Å². The van der Waals surface area contributed by atoms with Crippen LogP contribution in [-0.2, 0) is 4.74 Å². The van der Waals surface area contributed by atoms with Crippen molar-refractivity contribution in [2.45, 2.75) is 19.9 Å². The summed E-state index contributed by atoms with van der Waals surface area (Å²) in [5, 5.41) is 11.5. The number of ether oxygens (including phenoxy) is 1. The van der Waals surface area contributed by atoms with E-state index in [1.165, 1.54) is 0 Å². The SMILES string of the molecule is COCC(C)NC(=O)c1cc(C#CCO)ccc1C. The van der Waals surface area contributed by atoms with E-state index in [1.54, 1.807) is 13.2 Å². The number of hydrogen-bond donors (Lipinski definition) is 2.